The van der Waals surface area contributed by atoms with Gasteiger partial charge in [-0.3, -0.25) is 4.79 Å². The van der Waals surface area contributed by atoms with Gasteiger partial charge in [0.05, 0.1) is 23.8 Å². The molecule has 0 radical (unpaired) electrons. The molecule has 5 rings (SSSR count). The summed E-state index contributed by atoms with van der Waals surface area (Å²) in [6, 6.07) is 3.15. The van der Waals surface area contributed by atoms with Gasteiger partial charge in [0.25, 0.3) is 0 Å². The van der Waals surface area contributed by atoms with Crippen molar-refractivity contribution in [1.29, 1.82) is 0 Å². The maximum absolute atomic E-state index is 14.7. The lowest BCUT2D eigenvalue weighted by Gasteiger charge is -2.39. The van der Waals surface area contributed by atoms with E-state index in [-0.39, 0.29) is 23.9 Å². The van der Waals surface area contributed by atoms with Crippen LogP contribution in [-0.2, 0) is 4.79 Å². The van der Waals surface area contributed by atoms with Gasteiger partial charge in [-0.25, -0.2) is 14.4 Å². The fourth-order valence-electron chi connectivity index (χ4n) is 5.94. The topological polar surface area (TPSA) is 102 Å². The number of anilines is 1. The van der Waals surface area contributed by atoms with Gasteiger partial charge in [-0.05, 0) is 42.9 Å². The third-order valence-corrected chi connectivity index (χ3v) is 8.05. The van der Waals surface area contributed by atoms with E-state index in [0.29, 0.717) is 64.2 Å². The lowest BCUT2D eigenvalue weighted by atomic mass is 9.94. The molecule has 3 atom stereocenters. The number of aromatic nitrogens is 2. The van der Waals surface area contributed by atoms with Crippen LogP contribution in [0.3, 0.4) is 0 Å². The zero-order valence-corrected chi connectivity index (χ0v) is 22.1. The number of rotatable bonds is 6. The Morgan fingerprint density at radius 2 is 1.80 bits per heavy atom. The maximum atomic E-state index is 14.7. The molecule has 1 aromatic carbocycles. The highest BCUT2D eigenvalue weighted by molar-refractivity contribution is 5.84. The Kier molecular flexibility index (Phi) is 8.16. The first-order valence-electron chi connectivity index (χ1n) is 13.5. The molecule has 2 aliphatic heterocycles. The molecule has 3 heterocycles. The summed E-state index contributed by atoms with van der Waals surface area (Å²) in [6.07, 6.45) is -2.96. The number of aliphatic hydroxyl groups excluding tert-OH is 2. The monoisotopic (exact) mass is 567 g/mol. The van der Waals surface area contributed by atoms with Crippen molar-refractivity contribution in [3.63, 3.8) is 0 Å². The van der Waals surface area contributed by atoms with Crippen molar-refractivity contribution < 1.29 is 37.3 Å². The fraction of sp³-hybridized carbons (Fsp3) is 0.593. The minimum atomic E-state index is -5.04. The van der Waals surface area contributed by atoms with Crippen molar-refractivity contribution in [2.24, 2.45) is 0 Å². The molecule has 9 nitrogen and oxygen atoms in total. The van der Waals surface area contributed by atoms with E-state index in [2.05, 4.69) is 19.6 Å². The van der Waals surface area contributed by atoms with E-state index < -0.39 is 36.1 Å². The van der Waals surface area contributed by atoms with Gasteiger partial charge in [0, 0.05) is 51.4 Å². The van der Waals surface area contributed by atoms with E-state index in [1.54, 1.807) is 4.90 Å². The first-order chi connectivity index (χ1) is 19.0. The van der Waals surface area contributed by atoms with Crippen LogP contribution in [0.25, 0.3) is 0 Å². The first kappa shape index (κ1) is 28.5. The van der Waals surface area contributed by atoms with Crippen molar-refractivity contribution in [3.8, 4) is 5.75 Å². The molecule has 2 N–H and O–H groups in total. The molecule has 0 spiro atoms. The number of carbonyl (C=O) groups excluding carboxylic acids is 1. The molecule has 2 fully saturated rings. The number of hydrogen-bond donors (Lipinski definition) is 2. The van der Waals surface area contributed by atoms with Gasteiger partial charge in [-0.2, -0.15) is 0 Å². The predicted octanol–water partition coefficient (Wildman–Crippen LogP) is 2.94. The Bertz CT molecular complexity index is 1220. The number of alkyl halides is 3. The van der Waals surface area contributed by atoms with Crippen LogP contribution >= 0.6 is 0 Å². The molecule has 1 aromatic heterocycles. The first-order valence-corrected chi connectivity index (χ1v) is 13.5. The van der Waals surface area contributed by atoms with Gasteiger partial charge in [0.15, 0.2) is 11.6 Å². The molecule has 218 valence electrons. The van der Waals surface area contributed by atoms with Crippen LogP contribution in [0.2, 0.25) is 0 Å². The third-order valence-electron chi connectivity index (χ3n) is 8.05. The summed E-state index contributed by atoms with van der Waals surface area (Å²) >= 11 is 0. The highest BCUT2D eigenvalue weighted by Crippen LogP contribution is 2.43. The lowest BCUT2D eigenvalue weighted by molar-refractivity contribution is -0.275. The van der Waals surface area contributed by atoms with Crippen LogP contribution in [0.5, 0.6) is 5.75 Å². The Hall–Kier alpha value is -3.03. The van der Waals surface area contributed by atoms with E-state index in [9.17, 15) is 32.6 Å². The number of piperazine rings is 1. The fourth-order valence-corrected chi connectivity index (χ4v) is 5.94. The van der Waals surface area contributed by atoms with E-state index in [1.165, 1.54) is 12.4 Å². The summed E-state index contributed by atoms with van der Waals surface area (Å²) in [6.45, 7) is 5.12. The minimum absolute atomic E-state index is 0.104. The number of halogens is 4. The van der Waals surface area contributed by atoms with Crippen LogP contribution in [0.4, 0.5) is 23.4 Å². The Balaban J connectivity index is 1.33. The maximum Gasteiger partial charge on any atom is 0.573 e. The summed E-state index contributed by atoms with van der Waals surface area (Å²) < 4.78 is 56.4. The quantitative estimate of drug-likeness (QED) is 0.514. The van der Waals surface area contributed by atoms with Crippen LogP contribution in [0, 0.1) is 5.82 Å². The molecule has 1 amide bonds. The number of likely N-dealkylation sites (tertiary alicyclic amines) is 1. The number of fused-ring (bicyclic) bond motifs is 1. The van der Waals surface area contributed by atoms with E-state index >= 15 is 0 Å². The third kappa shape index (κ3) is 6.16. The molecule has 2 saturated heterocycles. The summed E-state index contributed by atoms with van der Waals surface area (Å²) in [5.41, 5.74) is 1.83. The number of piperidine rings is 1. The van der Waals surface area contributed by atoms with Crippen molar-refractivity contribution in [2.75, 3.05) is 50.7 Å². The molecule has 0 unspecified atom stereocenters. The number of amides is 1. The molecule has 2 aromatic rings. The zero-order chi connectivity index (χ0) is 28.6. The predicted molar refractivity (Wildman–Crippen MR) is 136 cm³/mol. The SMILES string of the molecule is C[C@@H]1C[C@@H](O)c2ncnc(N3CCN(C(=O)[C@@H](CN4CCC(O)CC4)c4ccc(OC(F)(F)F)c(F)c4)CC3)c21. The summed E-state index contributed by atoms with van der Waals surface area (Å²) in [5, 5.41) is 20.2. The molecular formula is C27H33F4N5O4. The molecule has 1 aliphatic carbocycles. The van der Waals surface area contributed by atoms with Gasteiger partial charge in [0.1, 0.15) is 12.1 Å². The molecule has 40 heavy (non-hydrogen) atoms. The van der Waals surface area contributed by atoms with Gasteiger partial charge in [0.2, 0.25) is 5.91 Å². The standard InChI is InChI=1S/C27H33F4N5O4/c1-16-12-21(38)24-23(16)25(33-15-32-24)35-8-10-36(11-9-35)26(39)19(14-34-6-4-18(37)5-7-34)17-2-3-22(20(28)13-17)40-27(29,30)31/h2-3,13,15-16,18-19,21,37-38H,4-12,14H2,1H3/t16-,19+,21-/m1/s1. The van der Waals surface area contributed by atoms with Crippen LogP contribution in [0.15, 0.2) is 24.5 Å². The molecule has 0 saturated carbocycles. The van der Waals surface area contributed by atoms with Gasteiger partial charge < -0.3 is 29.6 Å². The van der Waals surface area contributed by atoms with Gasteiger partial charge >= 0.3 is 6.36 Å². The Morgan fingerprint density at radius 3 is 2.45 bits per heavy atom. The van der Waals surface area contributed by atoms with Crippen LogP contribution in [0.1, 0.15) is 60.9 Å². The average Bonchev–Trinajstić information content (AvgIpc) is 3.22. The van der Waals surface area contributed by atoms with Crippen LogP contribution < -0.4 is 9.64 Å². The van der Waals surface area contributed by atoms with Crippen molar-refractivity contribution in [2.45, 2.75) is 56.6 Å². The smallest absolute Gasteiger partial charge is 0.403 e. The normalized spacial score (nSPS) is 23.3. The van der Waals surface area contributed by atoms with E-state index in [1.807, 2.05) is 11.8 Å². The number of nitrogens with zero attached hydrogens (tertiary/aromatic N) is 5. The molecule has 0 bridgehead atoms. The average molecular weight is 568 g/mol. The zero-order valence-electron chi connectivity index (χ0n) is 22.1. The minimum Gasteiger partial charge on any atom is -0.403 e. The molecular weight excluding hydrogens is 534 g/mol. The Morgan fingerprint density at radius 1 is 1.10 bits per heavy atom. The second-order valence-electron chi connectivity index (χ2n) is 10.8. The molecule has 3 aliphatic rings. The number of benzene rings is 1. The lowest BCUT2D eigenvalue weighted by Crippen LogP contribution is -2.52. The van der Waals surface area contributed by atoms with Gasteiger partial charge in [-0.15, -0.1) is 13.2 Å². The Labute approximate surface area is 229 Å². The van der Waals surface area contributed by atoms with Gasteiger partial charge in [-0.1, -0.05) is 13.0 Å². The van der Waals surface area contributed by atoms with E-state index in [4.69, 9.17) is 0 Å². The molecule has 13 heteroatoms. The van der Waals surface area contributed by atoms with E-state index in [0.717, 1.165) is 23.5 Å². The van der Waals surface area contributed by atoms with Crippen molar-refractivity contribution in [1.82, 2.24) is 19.8 Å². The number of hydrogen-bond acceptors (Lipinski definition) is 8. The number of carbonyl (C=O) groups is 1. The largest absolute Gasteiger partial charge is 0.573 e. The highest BCUT2D eigenvalue weighted by atomic mass is 19.4. The number of ether oxygens (including phenoxy) is 1. The summed E-state index contributed by atoms with van der Waals surface area (Å²) in [4.78, 5) is 28.3. The second-order valence-corrected chi connectivity index (χ2v) is 10.8. The second kappa shape index (κ2) is 11.5. The summed E-state index contributed by atoms with van der Waals surface area (Å²) in [5.74, 6) is -2.34. The number of aliphatic hydroxyl groups is 2. The highest BCUT2D eigenvalue weighted by Gasteiger charge is 2.37. The van der Waals surface area contributed by atoms with Crippen LogP contribution in [-0.4, -0.2) is 94.2 Å². The van der Waals surface area contributed by atoms with Crippen molar-refractivity contribution >= 4 is 11.7 Å². The summed E-state index contributed by atoms with van der Waals surface area (Å²) in [7, 11) is 0. The van der Waals surface area contributed by atoms with Crippen molar-refractivity contribution in [3.05, 3.63) is 47.2 Å².